The molecule has 2 heteroatoms. The van der Waals surface area contributed by atoms with Crippen LogP contribution in [0.5, 0.6) is 0 Å². The molecule has 0 amide bonds. The Kier molecular flexibility index (Phi) is 8.99. The van der Waals surface area contributed by atoms with Crippen LogP contribution >= 0.6 is 0 Å². The van der Waals surface area contributed by atoms with Crippen LogP contribution < -0.4 is 0 Å². The minimum atomic E-state index is 0.706. The molecule has 0 fully saturated rings. The first-order valence-electron chi connectivity index (χ1n) is 18.3. The van der Waals surface area contributed by atoms with Gasteiger partial charge in [0.2, 0.25) is 0 Å². The number of hydrogen-bond donors (Lipinski definition) is 0. The van der Waals surface area contributed by atoms with E-state index in [1.807, 2.05) is 36.4 Å². The van der Waals surface area contributed by atoms with Crippen LogP contribution in [-0.2, 0) is 0 Å². The van der Waals surface area contributed by atoms with Gasteiger partial charge in [0.25, 0.3) is 0 Å². The Morgan fingerprint density at radius 1 is 0.185 bits per heavy atom. The molecule has 0 N–H and O–H groups in total. The van der Waals surface area contributed by atoms with E-state index in [0.717, 1.165) is 39.2 Å². The average Bonchev–Trinajstić information content (AvgIpc) is 3.27. The fourth-order valence-corrected chi connectivity index (χ4v) is 7.03. The highest BCUT2D eigenvalue weighted by atomic mass is 14.9. The number of rotatable bonds is 8. The molecule has 0 spiro atoms. The molecule has 1 aromatic heterocycles. The van der Waals surface area contributed by atoms with E-state index >= 15 is 0 Å². The van der Waals surface area contributed by atoms with Crippen LogP contribution in [0.25, 0.3) is 89.5 Å². The lowest BCUT2D eigenvalue weighted by molar-refractivity contribution is 1.18. The molecular weight excluding hydrogens is 653 g/mol. The molecule has 2 nitrogen and oxygen atoms in total. The third-order valence-corrected chi connectivity index (χ3v) is 9.92. The van der Waals surface area contributed by atoms with Crippen molar-refractivity contribution < 1.29 is 0 Å². The van der Waals surface area contributed by atoms with Crippen LogP contribution in [0.1, 0.15) is 0 Å². The molecule has 1 heterocycles. The van der Waals surface area contributed by atoms with Gasteiger partial charge >= 0.3 is 0 Å². The summed E-state index contributed by atoms with van der Waals surface area (Å²) in [5.74, 6) is 0.706. The van der Waals surface area contributed by atoms with Crippen molar-refractivity contribution in [2.45, 2.75) is 0 Å². The fraction of sp³-hybridized carbons (Fsp3) is 0. The summed E-state index contributed by atoms with van der Waals surface area (Å²) in [5, 5.41) is 0. The van der Waals surface area contributed by atoms with Crippen molar-refractivity contribution in [2.24, 2.45) is 0 Å². The molecule has 0 radical (unpaired) electrons. The first kappa shape index (κ1) is 32.7. The summed E-state index contributed by atoms with van der Waals surface area (Å²) < 4.78 is 0. The topological polar surface area (TPSA) is 25.8 Å². The van der Waals surface area contributed by atoms with Gasteiger partial charge in [0, 0.05) is 16.7 Å². The van der Waals surface area contributed by atoms with Gasteiger partial charge in [0.1, 0.15) is 0 Å². The van der Waals surface area contributed by atoms with Crippen LogP contribution in [0.3, 0.4) is 0 Å². The zero-order valence-electron chi connectivity index (χ0n) is 29.7. The second kappa shape index (κ2) is 14.8. The number of nitrogens with zero attached hydrogens (tertiary/aromatic N) is 2. The van der Waals surface area contributed by atoms with Gasteiger partial charge in [0.05, 0.1) is 11.4 Å². The first-order chi connectivity index (χ1) is 26.7. The molecule has 254 valence electrons. The Morgan fingerprint density at radius 3 is 0.833 bits per heavy atom. The van der Waals surface area contributed by atoms with Crippen molar-refractivity contribution in [1.29, 1.82) is 0 Å². The number of benzene rings is 8. The molecule has 9 rings (SSSR count). The van der Waals surface area contributed by atoms with Crippen LogP contribution in [0.4, 0.5) is 0 Å². The summed E-state index contributed by atoms with van der Waals surface area (Å²) >= 11 is 0. The Labute approximate surface area is 316 Å². The predicted octanol–water partition coefficient (Wildman–Crippen LogP) is 13.8. The molecule has 0 atom stereocenters. The summed E-state index contributed by atoms with van der Waals surface area (Å²) in [6, 6.07) is 77.1. The smallest absolute Gasteiger partial charge is 0.160 e. The van der Waals surface area contributed by atoms with Gasteiger partial charge < -0.3 is 0 Å². The van der Waals surface area contributed by atoms with Gasteiger partial charge in [0.15, 0.2) is 5.82 Å². The van der Waals surface area contributed by atoms with Crippen LogP contribution in [0.2, 0.25) is 0 Å². The lowest BCUT2D eigenvalue weighted by Gasteiger charge is -2.11. The maximum absolute atomic E-state index is 5.06. The molecule has 0 unspecified atom stereocenters. The van der Waals surface area contributed by atoms with Gasteiger partial charge in [-0.1, -0.05) is 194 Å². The molecule has 0 aliphatic heterocycles. The average molecular weight is 689 g/mol. The van der Waals surface area contributed by atoms with Gasteiger partial charge in [-0.05, 0) is 79.9 Å². The molecule has 9 aromatic rings. The Morgan fingerprint density at radius 2 is 0.444 bits per heavy atom. The zero-order chi connectivity index (χ0) is 36.1. The summed E-state index contributed by atoms with van der Waals surface area (Å²) in [7, 11) is 0. The van der Waals surface area contributed by atoms with Gasteiger partial charge in [-0.15, -0.1) is 0 Å². The minimum absolute atomic E-state index is 0.706. The van der Waals surface area contributed by atoms with E-state index < -0.39 is 0 Å². The normalized spacial score (nSPS) is 11.0. The van der Waals surface area contributed by atoms with Gasteiger partial charge in [-0.2, -0.15) is 0 Å². The van der Waals surface area contributed by atoms with Crippen molar-refractivity contribution >= 4 is 0 Å². The van der Waals surface area contributed by atoms with Crippen LogP contribution in [0.15, 0.2) is 218 Å². The molecule has 0 saturated carbocycles. The van der Waals surface area contributed by atoms with E-state index in [1.165, 1.54) is 44.5 Å². The van der Waals surface area contributed by atoms with E-state index in [-0.39, 0.29) is 0 Å². The van der Waals surface area contributed by atoms with E-state index in [4.69, 9.17) is 9.97 Å². The third kappa shape index (κ3) is 7.01. The second-order valence-corrected chi connectivity index (χ2v) is 13.5. The molecule has 8 aromatic carbocycles. The quantitative estimate of drug-likeness (QED) is 0.159. The van der Waals surface area contributed by atoms with Crippen LogP contribution in [0, 0.1) is 0 Å². The lowest BCUT2D eigenvalue weighted by Crippen LogP contribution is -1.96. The summed E-state index contributed by atoms with van der Waals surface area (Å²) in [5.41, 5.74) is 16.8. The number of aromatic nitrogens is 2. The van der Waals surface area contributed by atoms with Crippen molar-refractivity contribution in [3.05, 3.63) is 218 Å². The SMILES string of the molecule is c1ccc(-c2ccc(-c3cccc(-c4ccc(-c5cccc(-c6cccc(-c7nc(-c8ccccc8)cc(-c8ccccc8)n7)c6)c5)cc4)c3)cc2)cc1. The van der Waals surface area contributed by atoms with Gasteiger partial charge in [-0.25, -0.2) is 9.97 Å². The third-order valence-electron chi connectivity index (χ3n) is 9.92. The summed E-state index contributed by atoms with van der Waals surface area (Å²) in [4.78, 5) is 10.1. The molecule has 0 bridgehead atoms. The van der Waals surface area contributed by atoms with Crippen molar-refractivity contribution in [3.8, 4) is 89.5 Å². The monoisotopic (exact) mass is 688 g/mol. The standard InChI is InChI=1S/C52H36N2/c1-4-13-37(14-5-1)38-25-27-39(28-26-38)44-19-10-20-45(33-44)40-29-31-41(32-30-40)46-21-11-22-47(34-46)48-23-12-24-49(35-48)52-53-50(42-15-6-2-7-16-42)36-51(54-52)43-17-8-3-9-18-43/h1-36H. The van der Waals surface area contributed by atoms with E-state index in [9.17, 15) is 0 Å². The highest BCUT2D eigenvalue weighted by Crippen LogP contribution is 2.33. The highest BCUT2D eigenvalue weighted by molar-refractivity contribution is 5.80. The second-order valence-electron chi connectivity index (χ2n) is 13.5. The summed E-state index contributed by atoms with van der Waals surface area (Å²) in [6.45, 7) is 0. The highest BCUT2D eigenvalue weighted by Gasteiger charge is 2.12. The van der Waals surface area contributed by atoms with Crippen molar-refractivity contribution in [2.75, 3.05) is 0 Å². The van der Waals surface area contributed by atoms with Crippen LogP contribution in [-0.4, -0.2) is 9.97 Å². The number of hydrogen-bond acceptors (Lipinski definition) is 2. The van der Waals surface area contributed by atoms with E-state index in [0.29, 0.717) is 5.82 Å². The maximum atomic E-state index is 5.06. The largest absolute Gasteiger partial charge is 0.228 e. The Balaban J connectivity index is 0.981. The van der Waals surface area contributed by atoms with E-state index in [2.05, 4.69) is 182 Å². The minimum Gasteiger partial charge on any atom is -0.228 e. The van der Waals surface area contributed by atoms with E-state index in [1.54, 1.807) is 0 Å². The molecule has 0 aliphatic rings. The first-order valence-corrected chi connectivity index (χ1v) is 18.3. The molecule has 0 aliphatic carbocycles. The predicted molar refractivity (Wildman–Crippen MR) is 226 cm³/mol. The van der Waals surface area contributed by atoms with Crippen molar-refractivity contribution in [3.63, 3.8) is 0 Å². The molecule has 0 saturated heterocycles. The van der Waals surface area contributed by atoms with Gasteiger partial charge in [-0.3, -0.25) is 0 Å². The molecule has 54 heavy (non-hydrogen) atoms. The zero-order valence-corrected chi connectivity index (χ0v) is 29.7. The fourth-order valence-electron chi connectivity index (χ4n) is 7.03. The van der Waals surface area contributed by atoms with Crippen molar-refractivity contribution in [1.82, 2.24) is 9.97 Å². The summed E-state index contributed by atoms with van der Waals surface area (Å²) in [6.07, 6.45) is 0. The lowest BCUT2D eigenvalue weighted by atomic mass is 9.95. The Hall–Kier alpha value is -7.16. The molecular formula is C52H36N2. The Bertz CT molecular complexity index is 2610. The maximum Gasteiger partial charge on any atom is 0.160 e.